The van der Waals surface area contributed by atoms with Gasteiger partial charge in [0.25, 0.3) is 5.91 Å². The third kappa shape index (κ3) is 3.36. The molecular weight excluding hydrogens is 292 g/mol. The quantitative estimate of drug-likeness (QED) is 0.870. The molecule has 6 nitrogen and oxygen atoms in total. The van der Waals surface area contributed by atoms with E-state index < -0.39 is 0 Å². The fourth-order valence-electron chi connectivity index (χ4n) is 2.93. The number of furan rings is 1. The van der Waals surface area contributed by atoms with Crippen LogP contribution in [0.2, 0.25) is 0 Å². The first-order valence-corrected chi connectivity index (χ1v) is 7.93. The Morgan fingerprint density at radius 2 is 1.91 bits per heavy atom. The Bertz CT molecular complexity index is 672. The van der Waals surface area contributed by atoms with Gasteiger partial charge >= 0.3 is 0 Å². The summed E-state index contributed by atoms with van der Waals surface area (Å²) in [6.45, 7) is 5.23. The molecule has 1 fully saturated rings. The van der Waals surface area contributed by atoms with Gasteiger partial charge in [0.15, 0.2) is 11.6 Å². The minimum Gasteiger partial charge on any atom is -0.456 e. The van der Waals surface area contributed by atoms with Crippen molar-refractivity contribution < 1.29 is 9.21 Å². The Kier molecular flexibility index (Phi) is 4.32. The van der Waals surface area contributed by atoms with E-state index in [0.717, 1.165) is 43.2 Å². The Balaban J connectivity index is 1.59. The fraction of sp³-hybridized carbons (Fsp3) is 0.471. The monoisotopic (exact) mass is 314 g/mol. The highest BCUT2D eigenvalue weighted by Crippen LogP contribution is 2.21. The topological polar surface area (TPSA) is 62.5 Å². The van der Waals surface area contributed by atoms with E-state index in [-0.39, 0.29) is 5.91 Å². The molecule has 0 atom stereocenters. The Labute approximate surface area is 136 Å². The van der Waals surface area contributed by atoms with Crippen molar-refractivity contribution >= 4 is 11.7 Å². The van der Waals surface area contributed by atoms with E-state index in [9.17, 15) is 4.79 Å². The average molecular weight is 314 g/mol. The van der Waals surface area contributed by atoms with Crippen LogP contribution >= 0.6 is 0 Å². The number of likely N-dealkylation sites (tertiary alicyclic amines) is 1. The molecule has 3 rings (SSSR count). The van der Waals surface area contributed by atoms with Crippen LogP contribution in [0.5, 0.6) is 0 Å². The van der Waals surface area contributed by atoms with E-state index in [2.05, 4.69) is 15.1 Å². The summed E-state index contributed by atoms with van der Waals surface area (Å²) in [6.07, 6.45) is 1.83. The Hall–Kier alpha value is -2.37. The van der Waals surface area contributed by atoms with Gasteiger partial charge in [0, 0.05) is 26.2 Å². The molecule has 2 aromatic heterocycles. The molecule has 122 valence electrons. The molecule has 1 saturated heterocycles. The van der Waals surface area contributed by atoms with Crippen LogP contribution < -0.4 is 4.90 Å². The van der Waals surface area contributed by atoms with Crippen molar-refractivity contribution in [3.05, 3.63) is 41.5 Å². The molecule has 0 N–H and O–H groups in total. The first kappa shape index (κ1) is 15.5. The maximum Gasteiger partial charge on any atom is 0.289 e. The van der Waals surface area contributed by atoms with Gasteiger partial charge in [-0.2, -0.15) is 5.10 Å². The van der Waals surface area contributed by atoms with Gasteiger partial charge in [-0.05, 0) is 51.0 Å². The van der Waals surface area contributed by atoms with E-state index in [0.29, 0.717) is 11.8 Å². The molecular formula is C17H22N4O2. The molecule has 0 saturated carbocycles. The summed E-state index contributed by atoms with van der Waals surface area (Å²) in [7, 11) is 2.04. The molecule has 0 radical (unpaired) electrons. The van der Waals surface area contributed by atoms with Crippen molar-refractivity contribution in [3.63, 3.8) is 0 Å². The molecule has 0 unspecified atom stereocenters. The number of piperidine rings is 1. The smallest absolute Gasteiger partial charge is 0.289 e. The molecule has 0 spiro atoms. The third-order valence-corrected chi connectivity index (χ3v) is 4.40. The van der Waals surface area contributed by atoms with Crippen LogP contribution in [0.25, 0.3) is 0 Å². The van der Waals surface area contributed by atoms with E-state index in [1.54, 1.807) is 6.07 Å². The number of amides is 1. The first-order valence-electron chi connectivity index (χ1n) is 7.93. The maximum atomic E-state index is 12.4. The number of rotatable bonds is 3. The van der Waals surface area contributed by atoms with Crippen molar-refractivity contribution in [2.45, 2.75) is 32.7 Å². The van der Waals surface area contributed by atoms with Crippen LogP contribution in [-0.4, -0.2) is 47.2 Å². The number of anilines is 1. The van der Waals surface area contributed by atoms with Gasteiger partial charge in [0.05, 0.1) is 5.69 Å². The number of aromatic nitrogens is 2. The van der Waals surface area contributed by atoms with Crippen LogP contribution in [0.3, 0.4) is 0 Å². The van der Waals surface area contributed by atoms with Crippen molar-refractivity contribution in [1.29, 1.82) is 0 Å². The van der Waals surface area contributed by atoms with Crippen molar-refractivity contribution in [1.82, 2.24) is 15.1 Å². The number of aryl methyl sites for hydroxylation is 2. The van der Waals surface area contributed by atoms with Crippen molar-refractivity contribution in [3.8, 4) is 0 Å². The number of carbonyl (C=O) groups is 1. The summed E-state index contributed by atoms with van der Waals surface area (Å²) in [5, 5.41) is 8.35. The van der Waals surface area contributed by atoms with Gasteiger partial charge in [-0.15, -0.1) is 5.10 Å². The minimum atomic E-state index is -0.0191. The molecule has 1 aliphatic rings. The molecule has 2 aromatic rings. The maximum absolute atomic E-state index is 12.4. The van der Waals surface area contributed by atoms with E-state index in [1.807, 2.05) is 44.0 Å². The largest absolute Gasteiger partial charge is 0.456 e. The van der Waals surface area contributed by atoms with E-state index >= 15 is 0 Å². The SMILES string of the molecule is Cc1ccc(N(C)C2CCN(C(=O)c3ccc(C)o3)CC2)nn1. The lowest BCUT2D eigenvalue weighted by Gasteiger charge is -2.36. The second kappa shape index (κ2) is 6.40. The normalized spacial score (nSPS) is 15.7. The summed E-state index contributed by atoms with van der Waals surface area (Å²) in [5.41, 5.74) is 0.913. The summed E-state index contributed by atoms with van der Waals surface area (Å²) < 4.78 is 5.43. The molecule has 1 aliphatic heterocycles. The third-order valence-electron chi connectivity index (χ3n) is 4.40. The lowest BCUT2D eigenvalue weighted by Crippen LogP contribution is -2.45. The van der Waals surface area contributed by atoms with Crippen LogP contribution in [0, 0.1) is 13.8 Å². The second-order valence-corrected chi connectivity index (χ2v) is 6.08. The van der Waals surface area contributed by atoms with Crippen LogP contribution in [-0.2, 0) is 0 Å². The highest BCUT2D eigenvalue weighted by molar-refractivity contribution is 5.91. The number of nitrogens with zero attached hydrogens (tertiary/aromatic N) is 4. The van der Waals surface area contributed by atoms with Crippen LogP contribution in [0.4, 0.5) is 5.82 Å². The molecule has 0 aliphatic carbocycles. The zero-order valence-electron chi connectivity index (χ0n) is 13.8. The van der Waals surface area contributed by atoms with Gasteiger partial charge < -0.3 is 14.2 Å². The molecule has 6 heteroatoms. The van der Waals surface area contributed by atoms with Gasteiger partial charge in [-0.25, -0.2) is 0 Å². The standard InChI is InChI=1S/C17H22N4O2/c1-12-4-7-16(19-18-12)20(3)14-8-10-21(11-9-14)17(22)15-6-5-13(2)23-15/h4-7,14H,8-11H2,1-3H3. The second-order valence-electron chi connectivity index (χ2n) is 6.08. The number of hydrogen-bond acceptors (Lipinski definition) is 5. The zero-order chi connectivity index (χ0) is 16.4. The lowest BCUT2D eigenvalue weighted by molar-refractivity contribution is 0.0679. The first-order chi connectivity index (χ1) is 11.0. The van der Waals surface area contributed by atoms with Gasteiger partial charge in [-0.1, -0.05) is 0 Å². The summed E-state index contributed by atoms with van der Waals surface area (Å²) >= 11 is 0. The number of carbonyl (C=O) groups excluding carboxylic acids is 1. The molecule has 0 aromatic carbocycles. The molecule has 0 bridgehead atoms. The molecule has 1 amide bonds. The van der Waals surface area contributed by atoms with E-state index in [4.69, 9.17) is 4.42 Å². The van der Waals surface area contributed by atoms with Gasteiger partial charge in [0.2, 0.25) is 0 Å². The summed E-state index contributed by atoms with van der Waals surface area (Å²) in [5.74, 6) is 2.05. The fourth-order valence-corrected chi connectivity index (χ4v) is 2.93. The van der Waals surface area contributed by atoms with Gasteiger partial charge in [-0.3, -0.25) is 4.79 Å². The van der Waals surface area contributed by atoms with Crippen LogP contribution in [0.15, 0.2) is 28.7 Å². The van der Waals surface area contributed by atoms with Crippen molar-refractivity contribution in [2.75, 3.05) is 25.0 Å². The Morgan fingerprint density at radius 1 is 1.17 bits per heavy atom. The number of hydrogen-bond donors (Lipinski definition) is 0. The molecule has 23 heavy (non-hydrogen) atoms. The highest BCUT2D eigenvalue weighted by atomic mass is 16.3. The predicted molar refractivity (Wildman–Crippen MR) is 87.5 cm³/mol. The zero-order valence-corrected chi connectivity index (χ0v) is 13.8. The highest BCUT2D eigenvalue weighted by Gasteiger charge is 2.27. The van der Waals surface area contributed by atoms with Crippen molar-refractivity contribution in [2.24, 2.45) is 0 Å². The molecule has 3 heterocycles. The van der Waals surface area contributed by atoms with Gasteiger partial charge in [0.1, 0.15) is 5.76 Å². The van der Waals surface area contributed by atoms with Crippen LogP contribution in [0.1, 0.15) is 34.9 Å². The minimum absolute atomic E-state index is 0.0191. The summed E-state index contributed by atoms with van der Waals surface area (Å²) in [6, 6.07) is 7.90. The Morgan fingerprint density at radius 3 is 2.48 bits per heavy atom. The average Bonchev–Trinajstić information content (AvgIpc) is 3.01. The predicted octanol–water partition coefficient (Wildman–Crippen LogP) is 2.43. The van der Waals surface area contributed by atoms with E-state index in [1.165, 1.54) is 0 Å². The summed E-state index contributed by atoms with van der Waals surface area (Å²) in [4.78, 5) is 16.4. The lowest BCUT2D eigenvalue weighted by atomic mass is 10.0.